The van der Waals surface area contributed by atoms with Gasteiger partial charge in [0.1, 0.15) is 5.01 Å². The Kier molecular flexibility index (Phi) is 5.65. The minimum absolute atomic E-state index is 0.191. The molecule has 26 heavy (non-hydrogen) atoms. The van der Waals surface area contributed by atoms with Gasteiger partial charge in [-0.1, -0.05) is 0 Å². The first-order valence-electron chi connectivity index (χ1n) is 7.53. The molecule has 0 atom stereocenters. The molecule has 3 aromatic rings. The number of ketones is 1. The number of nitrogens with zero attached hydrogens (tertiary/aromatic N) is 1. The van der Waals surface area contributed by atoms with Gasteiger partial charge in [0.05, 0.1) is 14.2 Å². The SMILES string of the molecule is COc1ccc(C(=O)COC(=O)c2csc(-c3ccsc3)n2)cc1OC. The normalized spacial score (nSPS) is 10.4. The highest BCUT2D eigenvalue weighted by Crippen LogP contribution is 2.28. The topological polar surface area (TPSA) is 74.7 Å². The maximum Gasteiger partial charge on any atom is 0.358 e. The van der Waals surface area contributed by atoms with Crippen LogP contribution in [0.5, 0.6) is 11.5 Å². The number of Topliss-reactive ketones (excluding diaryl/α,β-unsaturated/α-hetero) is 1. The molecule has 134 valence electrons. The van der Waals surface area contributed by atoms with Crippen molar-refractivity contribution in [1.29, 1.82) is 0 Å². The number of carbonyl (C=O) groups is 2. The van der Waals surface area contributed by atoms with Crippen molar-refractivity contribution < 1.29 is 23.8 Å². The Balaban J connectivity index is 1.63. The average Bonchev–Trinajstić information content (AvgIpc) is 3.36. The van der Waals surface area contributed by atoms with Crippen LogP contribution >= 0.6 is 22.7 Å². The molecule has 0 amide bonds. The minimum Gasteiger partial charge on any atom is -0.493 e. The molecule has 2 aromatic heterocycles. The number of esters is 1. The number of rotatable bonds is 7. The van der Waals surface area contributed by atoms with Crippen LogP contribution < -0.4 is 9.47 Å². The van der Waals surface area contributed by atoms with Gasteiger partial charge in [-0.2, -0.15) is 11.3 Å². The van der Waals surface area contributed by atoms with Gasteiger partial charge < -0.3 is 14.2 Å². The molecule has 0 aliphatic heterocycles. The molecule has 3 rings (SSSR count). The number of thiazole rings is 1. The number of methoxy groups -OCH3 is 2. The van der Waals surface area contributed by atoms with Crippen LogP contribution in [-0.4, -0.2) is 37.6 Å². The molecule has 8 heteroatoms. The van der Waals surface area contributed by atoms with Crippen LogP contribution in [0.2, 0.25) is 0 Å². The third-order valence-electron chi connectivity index (χ3n) is 3.52. The Hall–Kier alpha value is -2.71. The van der Waals surface area contributed by atoms with Gasteiger partial charge in [0.25, 0.3) is 0 Å². The molecule has 0 saturated heterocycles. The van der Waals surface area contributed by atoms with Crippen LogP contribution in [0.1, 0.15) is 20.8 Å². The first-order valence-corrected chi connectivity index (χ1v) is 9.35. The van der Waals surface area contributed by atoms with Gasteiger partial charge in [0.2, 0.25) is 0 Å². The summed E-state index contributed by atoms with van der Waals surface area (Å²) in [6.45, 7) is -0.375. The number of thiophene rings is 1. The third kappa shape index (κ3) is 3.92. The lowest BCUT2D eigenvalue weighted by molar-refractivity contribution is 0.0470. The lowest BCUT2D eigenvalue weighted by atomic mass is 10.1. The first kappa shape index (κ1) is 18.1. The fourth-order valence-corrected chi connectivity index (χ4v) is 3.69. The zero-order chi connectivity index (χ0) is 18.5. The fourth-order valence-electron chi connectivity index (χ4n) is 2.18. The van der Waals surface area contributed by atoms with E-state index in [9.17, 15) is 9.59 Å². The lowest BCUT2D eigenvalue weighted by Crippen LogP contribution is -2.14. The molecule has 0 aliphatic carbocycles. The predicted molar refractivity (Wildman–Crippen MR) is 99.6 cm³/mol. The van der Waals surface area contributed by atoms with Crippen molar-refractivity contribution in [2.24, 2.45) is 0 Å². The summed E-state index contributed by atoms with van der Waals surface area (Å²) in [7, 11) is 3.00. The number of ether oxygens (including phenoxy) is 3. The maximum atomic E-state index is 12.3. The van der Waals surface area contributed by atoms with E-state index in [4.69, 9.17) is 14.2 Å². The molecular weight excluding hydrogens is 374 g/mol. The first-order chi connectivity index (χ1) is 12.6. The van der Waals surface area contributed by atoms with E-state index in [2.05, 4.69) is 4.98 Å². The lowest BCUT2D eigenvalue weighted by Gasteiger charge is -2.09. The largest absolute Gasteiger partial charge is 0.493 e. The Morgan fingerprint density at radius 1 is 1.08 bits per heavy atom. The van der Waals surface area contributed by atoms with E-state index in [0.717, 1.165) is 10.6 Å². The van der Waals surface area contributed by atoms with Crippen LogP contribution in [0, 0.1) is 0 Å². The molecule has 0 aliphatic rings. The zero-order valence-electron chi connectivity index (χ0n) is 14.1. The van der Waals surface area contributed by atoms with Gasteiger partial charge in [0.15, 0.2) is 29.6 Å². The van der Waals surface area contributed by atoms with E-state index in [1.165, 1.54) is 25.6 Å². The van der Waals surface area contributed by atoms with Gasteiger partial charge in [-0.25, -0.2) is 9.78 Å². The van der Waals surface area contributed by atoms with E-state index in [1.54, 1.807) is 34.9 Å². The molecule has 2 heterocycles. The molecule has 0 bridgehead atoms. The second kappa shape index (κ2) is 8.11. The maximum absolute atomic E-state index is 12.3. The van der Waals surface area contributed by atoms with Crippen LogP contribution in [0.25, 0.3) is 10.6 Å². The monoisotopic (exact) mass is 389 g/mol. The molecular formula is C18H15NO5S2. The van der Waals surface area contributed by atoms with Crippen LogP contribution in [0.4, 0.5) is 0 Å². The number of aromatic nitrogens is 1. The van der Waals surface area contributed by atoms with E-state index < -0.39 is 5.97 Å². The summed E-state index contributed by atoms with van der Waals surface area (Å²) in [4.78, 5) is 28.6. The summed E-state index contributed by atoms with van der Waals surface area (Å²) in [6, 6.07) is 6.70. The quantitative estimate of drug-likeness (QED) is 0.450. The Labute approximate surface area is 158 Å². The van der Waals surface area contributed by atoms with Gasteiger partial charge in [0, 0.05) is 21.9 Å². The smallest absolute Gasteiger partial charge is 0.358 e. The summed E-state index contributed by atoms with van der Waals surface area (Å²) in [6.07, 6.45) is 0. The highest BCUT2D eigenvalue weighted by Gasteiger charge is 2.17. The number of hydrogen-bond donors (Lipinski definition) is 0. The molecule has 0 fully saturated rings. The minimum atomic E-state index is -0.628. The van der Waals surface area contributed by atoms with Crippen molar-refractivity contribution in [3.8, 4) is 22.1 Å². The summed E-state index contributed by atoms with van der Waals surface area (Å²) in [5.74, 6) is -0.0155. The van der Waals surface area contributed by atoms with Crippen molar-refractivity contribution in [3.63, 3.8) is 0 Å². The predicted octanol–water partition coefficient (Wildman–Crippen LogP) is 3.93. The summed E-state index contributed by atoms with van der Waals surface area (Å²) in [5, 5.41) is 6.26. The highest BCUT2D eigenvalue weighted by molar-refractivity contribution is 7.14. The van der Waals surface area contributed by atoms with Gasteiger partial charge >= 0.3 is 5.97 Å². The van der Waals surface area contributed by atoms with Gasteiger partial charge in [-0.05, 0) is 29.6 Å². The molecule has 0 saturated carbocycles. The van der Waals surface area contributed by atoms with Crippen molar-refractivity contribution in [3.05, 3.63) is 51.7 Å². The van der Waals surface area contributed by atoms with Gasteiger partial charge in [-0.15, -0.1) is 11.3 Å². The number of benzene rings is 1. The zero-order valence-corrected chi connectivity index (χ0v) is 15.7. The average molecular weight is 389 g/mol. The molecule has 0 N–H and O–H groups in total. The molecule has 6 nitrogen and oxygen atoms in total. The Morgan fingerprint density at radius 3 is 2.58 bits per heavy atom. The van der Waals surface area contributed by atoms with Gasteiger partial charge in [-0.3, -0.25) is 4.79 Å². The molecule has 1 aromatic carbocycles. The van der Waals surface area contributed by atoms with Crippen molar-refractivity contribution in [2.75, 3.05) is 20.8 Å². The van der Waals surface area contributed by atoms with Crippen molar-refractivity contribution >= 4 is 34.4 Å². The second-order valence-corrected chi connectivity index (χ2v) is 6.76. The van der Waals surface area contributed by atoms with E-state index in [-0.39, 0.29) is 18.1 Å². The fraction of sp³-hybridized carbons (Fsp3) is 0.167. The second-order valence-electron chi connectivity index (χ2n) is 5.12. The molecule has 0 unspecified atom stereocenters. The standard InChI is InChI=1S/C18H15NO5S2/c1-22-15-4-3-11(7-16(15)23-2)14(20)8-24-18(21)13-10-26-17(19-13)12-5-6-25-9-12/h3-7,9-10H,8H2,1-2H3. The van der Waals surface area contributed by atoms with E-state index in [0.29, 0.717) is 17.1 Å². The van der Waals surface area contributed by atoms with Crippen LogP contribution in [0.3, 0.4) is 0 Å². The summed E-state index contributed by atoms with van der Waals surface area (Å²) in [5.41, 5.74) is 1.52. The van der Waals surface area contributed by atoms with Crippen molar-refractivity contribution in [1.82, 2.24) is 4.98 Å². The Bertz CT molecular complexity index is 918. The third-order valence-corrected chi connectivity index (χ3v) is 5.10. The van der Waals surface area contributed by atoms with Crippen molar-refractivity contribution in [2.45, 2.75) is 0 Å². The highest BCUT2D eigenvalue weighted by atomic mass is 32.1. The molecule has 0 spiro atoms. The number of carbonyl (C=O) groups excluding carboxylic acids is 2. The Morgan fingerprint density at radius 2 is 1.88 bits per heavy atom. The van der Waals surface area contributed by atoms with E-state index >= 15 is 0 Å². The number of hydrogen-bond acceptors (Lipinski definition) is 8. The summed E-state index contributed by atoms with van der Waals surface area (Å²) >= 11 is 2.91. The van der Waals surface area contributed by atoms with Crippen LogP contribution in [-0.2, 0) is 4.74 Å². The molecule has 0 radical (unpaired) electrons. The summed E-state index contributed by atoms with van der Waals surface area (Å²) < 4.78 is 15.4. The van der Waals surface area contributed by atoms with Crippen LogP contribution in [0.15, 0.2) is 40.4 Å². The van der Waals surface area contributed by atoms with E-state index in [1.807, 2.05) is 16.8 Å².